The van der Waals surface area contributed by atoms with Gasteiger partial charge in [0.25, 0.3) is 5.91 Å². The highest BCUT2D eigenvalue weighted by atomic mass is 16.6. The minimum absolute atomic E-state index is 0.0694. The summed E-state index contributed by atoms with van der Waals surface area (Å²) < 4.78 is 4.38. The van der Waals surface area contributed by atoms with Crippen molar-refractivity contribution in [2.24, 2.45) is 0 Å². The van der Waals surface area contributed by atoms with E-state index in [1.165, 1.54) is 6.08 Å². The van der Waals surface area contributed by atoms with Crippen LogP contribution in [-0.2, 0) is 9.53 Å². The van der Waals surface area contributed by atoms with Gasteiger partial charge >= 0.3 is 6.09 Å². The zero-order valence-electron chi connectivity index (χ0n) is 4.80. The summed E-state index contributed by atoms with van der Waals surface area (Å²) in [4.78, 5) is 20.7. The lowest BCUT2D eigenvalue weighted by Crippen LogP contribution is -2.18. The van der Waals surface area contributed by atoms with E-state index in [4.69, 9.17) is 0 Å². The molecule has 4 heteroatoms. The van der Waals surface area contributed by atoms with Crippen LogP contribution in [0.25, 0.3) is 0 Å². The number of allylic oxidation sites excluding steroid dienone is 1. The third kappa shape index (κ3) is 0.910. The van der Waals surface area contributed by atoms with Gasteiger partial charge in [-0.05, 0) is 13.0 Å². The Hall–Kier alpha value is -1.32. The number of carbonyl (C=O) groups is 2. The summed E-state index contributed by atoms with van der Waals surface area (Å²) in [7, 11) is 0. The summed E-state index contributed by atoms with van der Waals surface area (Å²) in [6, 6.07) is 0. The molecule has 0 aromatic heterocycles. The van der Waals surface area contributed by atoms with Crippen LogP contribution in [0.2, 0.25) is 0 Å². The average Bonchev–Trinajstić information content (AvgIpc) is 2.10. The Labute approximate surface area is 51.5 Å². The van der Waals surface area contributed by atoms with Crippen molar-refractivity contribution in [3.05, 3.63) is 11.8 Å². The normalized spacial score (nSPS) is 22.1. The zero-order chi connectivity index (χ0) is 6.85. The van der Waals surface area contributed by atoms with E-state index in [1.54, 1.807) is 6.92 Å². The molecule has 9 heavy (non-hydrogen) atoms. The van der Waals surface area contributed by atoms with Crippen molar-refractivity contribution in [3.63, 3.8) is 0 Å². The highest BCUT2D eigenvalue weighted by Crippen LogP contribution is 2.04. The summed E-state index contributed by atoms with van der Waals surface area (Å²) in [6.45, 7) is 1.62. The summed E-state index contributed by atoms with van der Waals surface area (Å²) in [6.07, 6.45) is 0.730. The quantitative estimate of drug-likeness (QED) is 0.471. The number of rotatable bonds is 0. The first-order chi connectivity index (χ1) is 4.24. The molecule has 1 saturated heterocycles. The summed E-state index contributed by atoms with van der Waals surface area (Å²) in [5.74, 6) is -0.400. The minimum atomic E-state index is -0.701. The van der Waals surface area contributed by atoms with Gasteiger partial charge in [-0.3, -0.25) is 10.1 Å². The molecule has 1 rings (SSSR count). The molecule has 0 radical (unpaired) electrons. The lowest BCUT2D eigenvalue weighted by Gasteiger charge is -1.84. The molecule has 1 aliphatic rings. The van der Waals surface area contributed by atoms with Crippen molar-refractivity contribution in [3.8, 4) is 0 Å². The lowest BCUT2D eigenvalue weighted by molar-refractivity contribution is -0.116. The second kappa shape index (κ2) is 1.89. The molecule has 0 aromatic carbocycles. The molecule has 0 unspecified atom stereocenters. The van der Waals surface area contributed by atoms with Crippen LogP contribution in [0.5, 0.6) is 0 Å². The predicted molar refractivity (Wildman–Crippen MR) is 28.4 cm³/mol. The first-order valence-corrected chi connectivity index (χ1v) is 2.43. The maximum Gasteiger partial charge on any atom is 0.419 e. The van der Waals surface area contributed by atoms with Gasteiger partial charge in [0.05, 0.1) is 0 Å². The molecule has 48 valence electrons. The van der Waals surface area contributed by atoms with E-state index in [-0.39, 0.29) is 5.76 Å². The molecule has 0 aliphatic carbocycles. The molecule has 0 atom stereocenters. The molecule has 2 amide bonds. The highest BCUT2D eigenvalue weighted by molar-refractivity contribution is 6.07. The van der Waals surface area contributed by atoms with Crippen LogP contribution in [-0.4, -0.2) is 12.0 Å². The highest BCUT2D eigenvalue weighted by Gasteiger charge is 2.24. The fourth-order valence-electron chi connectivity index (χ4n) is 0.516. The van der Waals surface area contributed by atoms with E-state index in [9.17, 15) is 9.59 Å². The molecule has 1 aliphatic heterocycles. The molecule has 1 N–H and O–H groups in total. The van der Waals surface area contributed by atoms with E-state index < -0.39 is 12.0 Å². The maximum atomic E-state index is 10.5. The number of hydrogen-bond donors (Lipinski definition) is 1. The Bertz CT molecular complexity index is 194. The molecule has 0 bridgehead atoms. The SMILES string of the molecule is C/C=C1/OC(=O)NC1=O. The van der Waals surface area contributed by atoms with Crippen LogP contribution < -0.4 is 5.32 Å². The molecular weight excluding hydrogens is 122 g/mol. The van der Waals surface area contributed by atoms with Crippen LogP contribution in [0.3, 0.4) is 0 Å². The fourth-order valence-corrected chi connectivity index (χ4v) is 0.516. The van der Waals surface area contributed by atoms with Crippen molar-refractivity contribution in [1.82, 2.24) is 5.32 Å². The minimum Gasteiger partial charge on any atom is -0.404 e. The topological polar surface area (TPSA) is 55.4 Å². The van der Waals surface area contributed by atoms with Crippen molar-refractivity contribution in [2.45, 2.75) is 6.92 Å². The van der Waals surface area contributed by atoms with Gasteiger partial charge < -0.3 is 4.74 Å². The summed E-state index contributed by atoms with van der Waals surface area (Å²) >= 11 is 0. The Kier molecular flexibility index (Phi) is 1.22. The summed E-state index contributed by atoms with van der Waals surface area (Å²) in [5, 5.41) is 1.95. The molecule has 1 fully saturated rings. The second-order valence-corrected chi connectivity index (χ2v) is 1.50. The van der Waals surface area contributed by atoms with Crippen molar-refractivity contribution >= 4 is 12.0 Å². The van der Waals surface area contributed by atoms with E-state index in [0.717, 1.165) is 0 Å². The number of nitrogens with one attached hydrogen (secondary N) is 1. The molecule has 0 aromatic rings. The third-order valence-electron chi connectivity index (χ3n) is 0.904. The van der Waals surface area contributed by atoms with Gasteiger partial charge in [0.1, 0.15) is 0 Å². The van der Waals surface area contributed by atoms with E-state index in [0.29, 0.717) is 0 Å². The van der Waals surface area contributed by atoms with Crippen LogP contribution in [0.1, 0.15) is 6.92 Å². The van der Waals surface area contributed by atoms with E-state index in [2.05, 4.69) is 4.74 Å². The molecule has 4 nitrogen and oxygen atoms in total. The van der Waals surface area contributed by atoms with Crippen molar-refractivity contribution < 1.29 is 14.3 Å². The van der Waals surface area contributed by atoms with E-state index in [1.807, 2.05) is 5.32 Å². The largest absolute Gasteiger partial charge is 0.419 e. The zero-order valence-corrected chi connectivity index (χ0v) is 4.80. The smallest absolute Gasteiger partial charge is 0.404 e. The first kappa shape index (κ1) is 5.81. The predicted octanol–water partition coefficient (Wildman–Crippen LogP) is 0.157. The van der Waals surface area contributed by atoms with Crippen LogP contribution in [0, 0.1) is 0 Å². The van der Waals surface area contributed by atoms with Gasteiger partial charge in [-0.25, -0.2) is 4.79 Å². The third-order valence-corrected chi connectivity index (χ3v) is 0.904. The molecule has 0 spiro atoms. The Balaban J connectivity index is 2.81. The number of cyclic esters (lactones) is 1. The van der Waals surface area contributed by atoms with Gasteiger partial charge in [-0.15, -0.1) is 0 Å². The lowest BCUT2D eigenvalue weighted by atomic mass is 10.4. The van der Waals surface area contributed by atoms with Crippen LogP contribution >= 0.6 is 0 Å². The van der Waals surface area contributed by atoms with Crippen LogP contribution in [0.15, 0.2) is 11.8 Å². The van der Waals surface area contributed by atoms with Gasteiger partial charge in [-0.2, -0.15) is 0 Å². The first-order valence-electron chi connectivity index (χ1n) is 2.43. The Morgan fingerprint density at radius 3 is 2.44 bits per heavy atom. The van der Waals surface area contributed by atoms with Crippen LogP contribution in [0.4, 0.5) is 4.79 Å². The van der Waals surface area contributed by atoms with Gasteiger partial charge in [0.15, 0.2) is 5.76 Å². The number of amides is 2. The Morgan fingerprint density at radius 1 is 1.56 bits per heavy atom. The number of carbonyl (C=O) groups excluding carboxylic acids is 2. The second-order valence-electron chi connectivity index (χ2n) is 1.50. The standard InChI is InChI=1S/C5H5NO3/c1-2-3-4(7)6-5(8)9-3/h2H,1H3,(H,6,7,8)/b3-2+. The number of imide groups is 1. The fraction of sp³-hybridized carbons (Fsp3) is 0.200. The summed E-state index contributed by atoms with van der Waals surface area (Å²) in [5.41, 5.74) is 0. The number of hydrogen-bond acceptors (Lipinski definition) is 3. The van der Waals surface area contributed by atoms with E-state index >= 15 is 0 Å². The van der Waals surface area contributed by atoms with Crippen molar-refractivity contribution in [2.75, 3.05) is 0 Å². The average molecular weight is 127 g/mol. The number of ether oxygens (including phenoxy) is 1. The number of alkyl carbamates (subject to hydrolysis) is 1. The molecule has 1 heterocycles. The Morgan fingerprint density at radius 2 is 2.22 bits per heavy atom. The molecule has 0 saturated carbocycles. The monoisotopic (exact) mass is 127 g/mol. The van der Waals surface area contributed by atoms with Gasteiger partial charge in [0.2, 0.25) is 0 Å². The van der Waals surface area contributed by atoms with Gasteiger partial charge in [0, 0.05) is 0 Å². The van der Waals surface area contributed by atoms with Gasteiger partial charge in [-0.1, -0.05) is 0 Å². The van der Waals surface area contributed by atoms with Crippen molar-refractivity contribution in [1.29, 1.82) is 0 Å². The maximum absolute atomic E-state index is 10.5. The molecular formula is C5H5NO3.